The first-order valence-electron chi connectivity index (χ1n) is 9.57. The van der Waals surface area contributed by atoms with Crippen LogP contribution in [0.1, 0.15) is 11.1 Å². The van der Waals surface area contributed by atoms with Crippen LogP contribution in [0.4, 0.5) is 36.7 Å². The predicted molar refractivity (Wildman–Crippen MR) is 119 cm³/mol. The SMILES string of the molecule is CNc1nc(N/N=C/c2cccc3ccccc23)nc(Nc2cccc(C(F)(F)F)c2)n1. The van der Waals surface area contributed by atoms with Gasteiger partial charge in [0.25, 0.3) is 0 Å². The van der Waals surface area contributed by atoms with Crippen molar-refractivity contribution in [2.45, 2.75) is 6.18 Å². The molecule has 10 heteroatoms. The summed E-state index contributed by atoms with van der Waals surface area (Å²) in [6, 6.07) is 18.6. The fourth-order valence-electron chi connectivity index (χ4n) is 3.02. The van der Waals surface area contributed by atoms with Gasteiger partial charge in [-0.15, -0.1) is 0 Å². The normalized spacial score (nSPS) is 11.6. The second-order valence-electron chi connectivity index (χ2n) is 6.70. The molecular formula is C22H18F3N7. The molecule has 0 fully saturated rings. The zero-order chi connectivity index (χ0) is 22.6. The Morgan fingerprint density at radius 1 is 0.844 bits per heavy atom. The van der Waals surface area contributed by atoms with Crippen LogP contribution < -0.4 is 16.1 Å². The molecule has 4 aromatic rings. The maximum atomic E-state index is 13.0. The second kappa shape index (κ2) is 8.88. The largest absolute Gasteiger partial charge is 0.416 e. The Morgan fingerprint density at radius 3 is 2.38 bits per heavy atom. The van der Waals surface area contributed by atoms with Gasteiger partial charge in [0.15, 0.2) is 0 Å². The van der Waals surface area contributed by atoms with E-state index in [1.54, 1.807) is 13.3 Å². The third kappa shape index (κ3) is 4.91. The Kier molecular flexibility index (Phi) is 5.84. The number of alkyl halides is 3. The molecule has 0 spiro atoms. The number of hydrogen-bond donors (Lipinski definition) is 3. The topological polar surface area (TPSA) is 87.1 Å². The van der Waals surface area contributed by atoms with Crippen molar-refractivity contribution < 1.29 is 13.2 Å². The summed E-state index contributed by atoms with van der Waals surface area (Å²) >= 11 is 0. The molecule has 0 unspecified atom stereocenters. The first-order chi connectivity index (χ1) is 15.4. The maximum Gasteiger partial charge on any atom is 0.416 e. The first-order valence-corrected chi connectivity index (χ1v) is 9.57. The highest BCUT2D eigenvalue weighted by molar-refractivity contribution is 5.99. The Hall–Kier alpha value is -4.21. The number of benzene rings is 3. The van der Waals surface area contributed by atoms with Crippen LogP contribution in [-0.4, -0.2) is 28.2 Å². The molecule has 7 nitrogen and oxygen atoms in total. The van der Waals surface area contributed by atoms with Crippen molar-refractivity contribution in [2.75, 3.05) is 23.1 Å². The van der Waals surface area contributed by atoms with Gasteiger partial charge in [0.1, 0.15) is 0 Å². The van der Waals surface area contributed by atoms with Crippen molar-refractivity contribution in [2.24, 2.45) is 5.10 Å². The van der Waals surface area contributed by atoms with E-state index < -0.39 is 11.7 Å². The van der Waals surface area contributed by atoms with Crippen molar-refractivity contribution >= 4 is 40.5 Å². The third-order valence-corrected chi connectivity index (χ3v) is 4.50. The van der Waals surface area contributed by atoms with Crippen molar-refractivity contribution in [3.8, 4) is 0 Å². The molecule has 1 heterocycles. The fraction of sp³-hybridized carbons (Fsp3) is 0.0909. The fourth-order valence-corrected chi connectivity index (χ4v) is 3.02. The van der Waals surface area contributed by atoms with Gasteiger partial charge in [0.2, 0.25) is 17.8 Å². The van der Waals surface area contributed by atoms with Crippen LogP contribution in [0.2, 0.25) is 0 Å². The molecule has 0 atom stereocenters. The third-order valence-electron chi connectivity index (χ3n) is 4.50. The minimum Gasteiger partial charge on any atom is -0.357 e. The molecule has 162 valence electrons. The first kappa shape index (κ1) is 21.0. The van der Waals surface area contributed by atoms with Crippen LogP contribution in [0, 0.1) is 0 Å². The summed E-state index contributed by atoms with van der Waals surface area (Å²) in [5.74, 6) is 0.402. The second-order valence-corrected chi connectivity index (χ2v) is 6.70. The Labute approximate surface area is 181 Å². The van der Waals surface area contributed by atoms with Crippen molar-refractivity contribution in [3.05, 3.63) is 77.9 Å². The lowest BCUT2D eigenvalue weighted by atomic mass is 10.1. The van der Waals surface area contributed by atoms with Gasteiger partial charge in [-0.05, 0) is 29.0 Å². The van der Waals surface area contributed by atoms with Gasteiger partial charge in [-0.2, -0.15) is 33.2 Å². The van der Waals surface area contributed by atoms with Gasteiger partial charge in [0.05, 0.1) is 11.8 Å². The summed E-state index contributed by atoms with van der Waals surface area (Å²) in [5, 5.41) is 11.9. The molecule has 0 bridgehead atoms. The van der Waals surface area contributed by atoms with Crippen LogP contribution in [0.25, 0.3) is 10.8 Å². The lowest BCUT2D eigenvalue weighted by Crippen LogP contribution is -2.08. The number of rotatable bonds is 6. The summed E-state index contributed by atoms with van der Waals surface area (Å²) in [6.07, 6.45) is -2.80. The van der Waals surface area contributed by atoms with Crippen LogP contribution in [0.15, 0.2) is 71.8 Å². The molecule has 3 aromatic carbocycles. The molecule has 0 aliphatic carbocycles. The molecule has 0 aliphatic heterocycles. The average molecular weight is 437 g/mol. The molecule has 0 aliphatic rings. The van der Waals surface area contributed by atoms with Gasteiger partial charge < -0.3 is 10.6 Å². The van der Waals surface area contributed by atoms with E-state index in [0.717, 1.165) is 28.5 Å². The standard InChI is InChI=1S/C22H18F3N7/c1-26-19-29-20(28-17-10-5-9-16(12-17)22(23,24)25)31-21(30-19)32-27-13-15-8-4-7-14-6-2-3-11-18(14)15/h2-13H,1H3,(H3,26,28,29,30,31,32)/b27-13+. The quantitative estimate of drug-likeness (QED) is 0.281. The number of fused-ring (bicyclic) bond motifs is 1. The number of nitrogens with one attached hydrogen (secondary N) is 3. The van der Waals surface area contributed by atoms with Crippen LogP contribution >= 0.6 is 0 Å². The van der Waals surface area contributed by atoms with Crippen molar-refractivity contribution in [1.29, 1.82) is 0 Å². The minimum absolute atomic E-state index is 0.0616. The van der Waals surface area contributed by atoms with E-state index in [2.05, 4.69) is 36.1 Å². The minimum atomic E-state index is -4.45. The Balaban J connectivity index is 1.55. The zero-order valence-electron chi connectivity index (χ0n) is 16.9. The van der Waals surface area contributed by atoms with Crippen LogP contribution in [0.3, 0.4) is 0 Å². The summed E-state index contributed by atoms with van der Waals surface area (Å²) < 4.78 is 38.9. The average Bonchev–Trinajstić information content (AvgIpc) is 2.79. The number of aromatic nitrogens is 3. The lowest BCUT2D eigenvalue weighted by molar-refractivity contribution is -0.137. The molecule has 4 rings (SSSR count). The van der Waals surface area contributed by atoms with E-state index >= 15 is 0 Å². The summed E-state index contributed by atoms with van der Waals surface area (Å²) in [4.78, 5) is 12.5. The highest BCUT2D eigenvalue weighted by Gasteiger charge is 2.30. The monoisotopic (exact) mass is 437 g/mol. The molecule has 3 N–H and O–H groups in total. The van der Waals surface area contributed by atoms with Gasteiger partial charge >= 0.3 is 6.18 Å². The van der Waals surface area contributed by atoms with Crippen molar-refractivity contribution in [1.82, 2.24) is 15.0 Å². The van der Waals surface area contributed by atoms with E-state index in [1.165, 1.54) is 12.1 Å². The van der Waals surface area contributed by atoms with E-state index in [4.69, 9.17) is 0 Å². The van der Waals surface area contributed by atoms with Gasteiger partial charge in [-0.1, -0.05) is 48.5 Å². The van der Waals surface area contributed by atoms with E-state index in [0.29, 0.717) is 0 Å². The Bertz CT molecular complexity index is 1270. The summed E-state index contributed by atoms with van der Waals surface area (Å²) in [7, 11) is 1.62. The summed E-state index contributed by atoms with van der Waals surface area (Å²) in [6.45, 7) is 0. The van der Waals surface area contributed by atoms with Crippen LogP contribution in [0.5, 0.6) is 0 Å². The van der Waals surface area contributed by atoms with Gasteiger partial charge in [-0.3, -0.25) is 0 Å². The van der Waals surface area contributed by atoms with Crippen molar-refractivity contribution in [3.63, 3.8) is 0 Å². The molecule has 32 heavy (non-hydrogen) atoms. The summed E-state index contributed by atoms with van der Waals surface area (Å²) in [5.41, 5.74) is 3.06. The number of halogens is 3. The highest BCUT2D eigenvalue weighted by Crippen LogP contribution is 2.31. The van der Waals surface area contributed by atoms with E-state index in [-0.39, 0.29) is 23.5 Å². The molecule has 0 amide bonds. The maximum absolute atomic E-state index is 13.0. The predicted octanol–water partition coefficient (Wildman–Crippen LogP) is 5.27. The molecular weight excluding hydrogens is 419 g/mol. The molecule has 1 aromatic heterocycles. The number of hydrogen-bond acceptors (Lipinski definition) is 7. The number of nitrogens with zero attached hydrogens (tertiary/aromatic N) is 4. The van der Waals surface area contributed by atoms with Crippen LogP contribution in [-0.2, 0) is 6.18 Å². The van der Waals surface area contributed by atoms with Gasteiger partial charge in [-0.25, -0.2) is 5.43 Å². The number of anilines is 4. The van der Waals surface area contributed by atoms with E-state index in [9.17, 15) is 13.2 Å². The lowest BCUT2D eigenvalue weighted by Gasteiger charge is -2.11. The molecule has 0 saturated carbocycles. The smallest absolute Gasteiger partial charge is 0.357 e. The molecule has 0 saturated heterocycles. The molecule has 0 radical (unpaired) electrons. The van der Waals surface area contributed by atoms with Gasteiger partial charge in [0, 0.05) is 18.3 Å². The number of hydrazone groups is 1. The Morgan fingerprint density at radius 2 is 1.56 bits per heavy atom. The highest BCUT2D eigenvalue weighted by atomic mass is 19.4. The zero-order valence-corrected chi connectivity index (χ0v) is 16.9. The van der Waals surface area contributed by atoms with E-state index in [1.807, 2.05) is 42.5 Å².